The molecule has 3 aromatic rings. The Balaban J connectivity index is 1.92. The summed E-state index contributed by atoms with van der Waals surface area (Å²) < 4.78 is 5.94. The molecule has 0 saturated carbocycles. The maximum atomic E-state index is 13.1. The van der Waals surface area contributed by atoms with Gasteiger partial charge in [-0.3, -0.25) is 14.5 Å². The summed E-state index contributed by atoms with van der Waals surface area (Å²) in [5.41, 5.74) is 1.78. The molecule has 1 heterocycles. The van der Waals surface area contributed by atoms with Crippen molar-refractivity contribution in [3.8, 4) is 5.75 Å². The lowest BCUT2D eigenvalue weighted by atomic mass is 9.95. The van der Waals surface area contributed by atoms with Crippen LogP contribution in [0.5, 0.6) is 5.75 Å². The molecule has 4 rings (SSSR count). The number of hydrogen-bond acceptors (Lipinski definition) is 4. The van der Waals surface area contributed by atoms with Crippen molar-refractivity contribution in [2.24, 2.45) is 0 Å². The van der Waals surface area contributed by atoms with Gasteiger partial charge in [-0.25, -0.2) is 0 Å². The molecule has 0 radical (unpaired) electrons. The van der Waals surface area contributed by atoms with Gasteiger partial charge in [0.25, 0.3) is 11.7 Å². The van der Waals surface area contributed by atoms with Crippen LogP contribution in [-0.2, 0) is 9.59 Å². The average Bonchev–Trinajstić information content (AvgIpc) is 3.04. The van der Waals surface area contributed by atoms with Gasteiger partial charge in [0, 0.05) is 15.7 Å². The minimum atomic E-state index is -0.748. The van der Waals surface area contributed by atoms with Crippen LogP contribution in [-0.4, -0.2) is 23.9 Å². The van der Waals surface area contributed by atoms with Crippen molar-refractivity contribution in [2.75, 3.05) is 12.0 Å². The zero-order valence-corrected chi connectivity index (χ0v) is 17.7. The summed E-state index contributed by atoms with van der Waals surface area (Å²) in [7, 11) is 1.55. The minimum absolute atomic E-state index is 0.0522. The predicted molar refractivity (Wildman–Crippen MR) is 118 cm³/mol. The number of nitrogens with zero attached hydrogens (tertiary/aromatic N) is 1. The zero-order chi connectivity index (χ0) is 21.3. The Morgan fingerprint density at radius 2 is 1.67 bits per heavy atom. The van der Waals surface area contributed by atoms with Crippen molar-refractivity contribution in [3.63, 3.8) is 0 Å². The van der Waals surface area contributed by atoms with Gasteiger partial charge in [0.2, 0.25) is 0 Å². The van der Waals surface area contributed by atoms with Gasteiger partial charge in [-0.2, -0.15) is 0 Å². The molecule has 0 aliphatic carbocycles. The topological polar surface area (TPSA) is 66.8 Å². The molecule has 30 heavy (non-hydrogen) atoms. The number of ether oxygens (including phenoxy) is 1. The van der Waals surface area contributed by atoms with Gasteiger partial charge >= 0.3 is 0 Å². The van der Waals surface area contributed by atoms with Crippen molar-refractivity contribution < 1.29 is 19.4 Å². The van der Waals surface area contributed by atoms with Crippen LogP contribution in [0.2, 0.25) is 0 Å². The second kappa shape index (κ2) is 8.16. The van der Waals surface area contributed by atoms with Crippen molar-refractivity contribution in [2.45, 2.75) is 6.04 Å². The molecule has 150 valence electrons. The van der Waals surface area contributed by atoms with Gasteiger partial charge in [-0.1, -0.05) is 52.3 Å². The summed E-state index contributed by atoms with van der Waals surface area (Å²) in [5.74, 6) is -1.00. The van der Waals surface area contributed by atoms with Gasteiger partial charge in [-0.05, 0) is 48.0 Å². The molecule has 0 aromatic heterocycles. The first-order valence-corrected chi connectivity index (χ1v) is 10.1. The Kier molecular flexibility index (Phi) is 5.42. The molecule has 1 fully saturated rings. The Bertz CT molecular complexity index is 1140. The van der Waals surface area contributed by atoms with E-state index in [0.717, 1.165) is 10.0 Å². The normalized spacial score (nSPS) is 17.9. The van der Waals surface area contributed by atoms with Gasteiger partial charge in [-0.15, -0.1) is 0 Å². The standard InChI is InChI=1S/C24H18BrNO4/c1-30-19-12-10-16(11-13-19)22(27)20-21(15-6-3-2-4-7-15)26(24(29)23(20)28)18-9-5-8-17(25)14-18/h2-14,21,27H,1H3/b22-20+. The summed E-state index contributed by atoms with van der Waals surface area (Å²) in [6.45, 7) is 0. The van der Waals surface area contributed by atoms with E-state index >= 15 is 0 Å². The van der Waals surface area contributed by atoms with E-state index in [1.54, 1.807) is 49.6 Å². The lowest BCUT2D eigenvalue weighted by Crippen LogP contribution is -2.29. The highest BCUT2D eigenvalue weighted by atomic mass is 79.9. The maximum absolute atomic E-state index is 13.1. The van der Waals surface area contributed by atoms with E-state index in [0.29, 0.717) is 17.0 Å². The first-order valence-electron chi connectivity index (χ1n) is 9.27. The third-order valence-electron chi connectivity index (χ3n) is 5.01. The predicted octanol–water partition coefficient (Wildman–Crippen LogP) is 5.08. The Morgan fingerprint density at radius 3 is 2.30 bits per heavy atom. The third-order valence-corrected chi connectivity index (χ3v) is 5.50. The van der Waals surface area contributed by atoms with Crippen LogP contribution < -0.4 is 9.64 Å². The number of carbonyl (C=O) groups excluding carboxylic acids is 2. The first kappa shape index (κ1) is 19.9. The maximum Gasteiger partial charge on any atom is 0.300 e. The number of rotatable bonds is 4. The van der Waals surface area contributed by atoms with Crippen LogP contribution in [0.4, 0.5) is 5.69 Å². The first-order chi connectivity index (χ1) is 14.5. The monoisotopic (exact) mass is 463 g/mol. The number of methoxy groups -OCH3 is 1. The fourth-order valence-corrected chi connectivity index (χ4v) is 3.97. The van der Waals surface area contributed by atoms with Crippen LogP contribution in [0.1, 0.15) is 17.2 Å². The zero-order valence-electron chi connectivity index (χ0n) is 16.1. The molecule has 1 atom stereocenters. The highest BCUT2D eigenvalue weighted by Crippen LogP contribution is 2.42. The summed E-state index contributed by atoms with van der Waals surface area (Å²) in [6.07, 6.45) is 0. The number of amides is 1. The fraction of sp³-hybridized carbons (Fsp3) is 0.0833. The molecular weight excluding hydrogens is 446 g/mol. The molecule has 0 bridgehead atoms. The number of carbonyl (C=O) groups is 2. The van der Waals surface area contributed by atoms with Crippen LogP contribution in [0.15, 0.2) is 88.9 Å². The molecule has 1 unspecified atom stereocenters. The number of anilines is 1. The highest BCUT2D eigenvalue weighted by molar-refractivity contribution is 9.10. The second-order valence-electron chi connectivity index (χ2n) is 6.79. The van der Waals surface area contributed by atoms with E-state index in [2.05, 4.69) is 15.9 Å². The Morgan fingerprint density at radius 1 is 0.967 bits per heavy atom. The average molecular weight is 464 g/mol. The van der Waals surface area contributed by atoms with Gasteiger partial charge < -0.3 is 9.84 Å². The van der Waals surface area contributed by atoms with E-state index in [1.165, 1.54) is 4.90 Å². The largest absolute Gasteiger partial charge is 0.507 e. The van der Waals surface area contributed by atoms with Crippen molar-refractivity contribution in [1.29, 1.82) is 0 Å². The van der Waals surface area contributed by atoms with Gasteiger partial charge in [0.15, 0.2) is 0 Å². The number of hydrogen-bond donors (Lipinski definition) is 1. The molecule has 1 N–H and O–H groups in total. The Labute approximate surface area is 182 Å². The summed E-state index contributed by atoms with van der Waals surface area (Å²) in [5, 5.41) is 11.1. The van der Waals surface area contributed by atoms with E-state index in [4.69, 9.17) is 4.74 Å². The number of benzene rings is 3. The van der Waals surface area contributed by atoms with E-state index in [-0.39, 0.29) is 11.3 Å². The lowest BCUT2D eigenvalue weighted by molar-refractivity contribution is -0.132. The van der Waals surface area contributed by atoms with Gasteiger partial charge in [0.1, 0.15) is 11.5 Å². The Hall–Kier alpha value is -3.38. The molecule has 3 aromatic carbocycles. The van der Waals surface area contributed by atoms with Crippen LogP contribution >= 0.6 is 15.9 Å². The molecule has 1 aliphatic rings. The molecule has 1 saturated heterocycles. The van der Waals surface area contributed by atoms with Crippen LogP contribution in [0, 0.1) is 0 Å². The molecule has 1 aliphatic heterocycles. The third kappa shape index (κ3) is 3.50. The SMILES string of the molecule is COc1ccc(/C(O)=C2\C(=O)C(=O)N(c3cccc(Br)c3)C2c2ccccc2)cc1. The van der Waals surface area contributed by atoms with Crippen molar-refractivity contribution in [3.05, 3.63) is 100 Å². The van der Waals surface area contributed by atoms with E-state index in [9.17, 15) is 14.7 Å². The second-order valence-corrected chi connectivity index (χ2v) is 7.70. The fourth-order valence-electron chi connectivity index (χ4n) is 3.58. The summed E-state index contributed by atoms with van der Waals surface area (Å²) in [4.78, 5) is 27.5. The van der Waals surface area contributed by atoms with E-state index < -0.39 is 17.7 Å². The smallest absolute Gasteiger partial charge is 0.300 e. The van der Waals surface area contributed by atoms with Gasteiger partial charge in [0.05, 0.1) is 18.7 Å². The summed E-state index contributed by atoms with van der Waals surface area (Å²) in [6, 6.07) is 22.3. The highest BCUT2D eigenvalue weighted by Gasteiger charge is 2.46. The summed E-state index contributed by atoms with van der Waals surface area (Å²) >= 11 is 3.42. The molecule has 5 nitrogen and oxygen atoms in total. The number of aliphatic hydroxyl groups is 1. The van der Waals surface area contributed by atoms with Crippen molar-refractivity contribution in [1.82, 2.24) is 0 Å². The van der Waals surface area contributed by atoms with Crippen LogP contribution in [0.25, 0.3) is 5.76 Å². The number of Topliss-reactive ketones (excluding diaryl/α,β-unsaturated/α-hetero) is 1. The molecule has 1 amide bonds. The minimum Gasteiger partial charge on any atom is -0.507 e. The number of halogens is 1. The quantitative estimate of drug-likeness (QED) is 0.332. The van der Waals surface area contributed by atoms with E-state index in [1.807, 2.05) is 36.4 Å². The van der Waals surface area contributed by atoms with Crippen LogP contribution in [0.3, 0.4) is 0 Å². The lowest BCUT2D eigenvalue weighted by Gasteiger charge is -2.25. The molecular formula is C24H18BrNO4. The molecule has 0 spiro atoms. The number of ketones is 1. The van der Waals surface area contributed by atoms with Crippen molar-refractivity contribution >= 4 is 39.1 Å². The number of aliphatic hydroxyl groups excluding tert-OH is 1. The molecule has 6 heteroatoms.